The van der Waals surface area contributed by atoms with Crippen LogP contribution >= 0.6 is 0 Å². The lowest BCUT2D eigenvalue weighted by atomic mass is 10.1. The number of fused-ring (bicyclic) bond motifs is 2. The predicted molar refractivity (Wildman–Crippen MR) is 87.9 cm³/mol. The van der Waals surface area contributed by atoms with E-state index in [1.54, 1.807) is 0 Å². The predicted octanol–water partition coefficient (Wildman–Crippen LogP) is 3.70. The third-order valence-electron chi connectivity index (χ3n) is 5.67. The maximum atomic E-state index is 12.1. The van der Waals surface area contributed by atoms with Crippen molar-refractivity contribution >= 4 is 6.03 Å². The molecular weight excluding hydrogens is 276 g/mol. The van der Waals surface area contributed by atoms with E-state index in [2.05, 4.69) is 10.2 Å². The summed E-state index contributed by atoms with van der Waals surface area (Å²) in [5.41, 5.74) is 0. The SMILES string of the molecule is O=C(NCCCCOC1CCCCCC1)N1C[C@H]2CC[C@H]1C2. The summed E-state index contributed by atoms with van der Waals surface area (Å²) in [6.07, 6.45) is 14.3. The topological polar surface area (TPSA) is 41.6 Å². The van der Waals surface area contributed by atoms with Gasteiger partial charge in [-0.1, -0.05) is 25.7 Å². The van der Waals surface area contributed by atoms with Gasteiger partial charge < -0.3 is 15.0 Å². The Morgan fingerprint density at radius 2 is 1.86 bits per heavy atom. The number of carbonyl (C=O) groups excluding carboxylic acids is 1. The molecule has 0 aromatic rings. The van der Waals surface area contributed by atoms with Crippen molar-refractivity contribution in [1.82, 2.24) is 10.2 Å². The Bertz CT molecular complexity index is 353. The minimum Gasteiger partial charge on any atom is -0.378 e. The first-order valence-electron chi connectivity index (χ1n) is 9.49. The van der Waals surface area contributed by atoms with Crippen molar-refractivity contribution in [2.24, 2.45) is 5.92 Å². The van der Waals surface area contributed by atoms with E-state index in [0.717, 1.165) is 38.5 Å². The Hall–Kier alpha value is -0.770. The molecule has 2 saturated carbocycles. The largest absolute Gasteiger partial charge is 0.378 e. The molecule has 1 saturated heterocycles. The highest BCUT2D eigenvalue weighted by Gasteiger charge is 2.39. The highest BCUT2D eigenvalue weighted by Crippen LogP contribution is 2.37. The first-order chi connectivity index (χ1) is 10.8. The lowest BCUT2D eigenvalue weighted by molar-refractivity contribution is 0.0410. The van der Waals surface area contributed by atoms with Gasteiger partial charge in [-0.15, -0.1) is 0 Å². The van der Waals surface area contributed by atoms with E-state index in [1.165, 1.54) is 57.8 Å². The van der Waals surface area contributed by atoms with E-state index >= 15 is 0 Å². The summed E-state index contributed by atoms with van der Waals surface area (Å²) in [7, 11) is 0. The van der Waals surface area contributed by atoms with Crippen LogP contribution in [0.2, 0.25) is 0 Å². The number of nitrogens with zero attached hydrogens (tertiary/aromatic N) is 1. The lowest BCUT2D eigenvalue weighted by Crippen LogP contribution is -2.44. The second kappa shape index (κ2) is 8.19. The molecule has 3 rings (SSSR count). The number of hydrogen-bond donors (Lipinski definition) is 1. The average molecular weight is 308 g/mol. The standard InChI is InChI=1S/C18H32N2O2/c21-18(20-14-15-9-10-16(20)13-15)19-11-5-6-12-22-17-7-3-1-2-4-8-17/h15-17H,1-14H2,(H,19,21)/t15-,16-/m0/s1. The Morgan fingerprint density at radius 3 is 2.55 bits per heavy atom. The van der Waals surface area contributed by atoms with Crippen LogP contribution in [-0.2, 0) is 4.74 Å². The van der Waals surface area contributed by atoms with Gasteiger partial charge in [-0.2, -0.15) is 0 Å². The number of piperidine rings is 1. The van der Waals surface area contributed by atoms with Gasteiger partial charge in [0.05, 0.1) is 6.10 Å². The van der Waals surface area contributed by atoms with Crippen LogP contribution in [0.25, 0.3) is 0 Å². The number of carbonyl (C=O) groups is 1. The minimum absolute atomic E-state index is 0.164. The Balaban J connectivity index is 1.21. The summed E-state index contributed by atoms with van der Waals surface area (Å²) in [6.45, 7) is 2.64. The molecule has 0 radical (unpaired) electrons. The Morgan fingerprint density at radius 1 is 1.05 bits per heavy atom. The second-order valence-electron chi connectivity index (χ2n) is 7.41. The number of likely N-dealkylation sites (tertiary alicyclic amines) is 1. The molecule has 3 aliphatic rings. The molecule has 2 aliphatic carbocycles. The van der Waals surface area contributed by atoms with Gasteiger partial charge in [0.1, 0.15) is 0 Å². The Kier molecular flexibility index (Phi) is 5.99. The van der Waals surface area contributed by atoms with Gasteiger partial charge in [0.15, 0.2) is 0 Å². The van der Waals surface area contributed by atoms with Gasteiger partial charge in [-0.05, 0) is 50.9 Å². The van der Waals surface area contributed by atoms with Crippen molar-refractivity contribution in [3.8, 4) is 0 Å². The van der Waals surface area contributed by atoms with Gasteiger partial charge in [0.25, 0.3) is 0 Å². The molecule has 2 amide bonds. The van der Waals surface area contributed by atoms with Crippen LogP contribution in [0.5, 0.6) is 0 Å². The van der Waals surface area contributed by atoms with Crippen LogP contribution < -0.4 is 5.32 Å². The van der Waals surface area contributed by atoms with Crippen LogP contribution in [0, 0.1) is 5.92 Å². The number of hydrogen-bond acceptors (Lipinski definition) is 2. The van der Waals surface area contributed by atoms with Crippen LogP contribution in [0.3, 0.4) is 0 Å². The molecule has 1 N–H and O–H groups in total. The zero-order valence-electron chi connectivity index (χ0n) is 13.9. The quantitative estimate of drug-likeness (QED) is 0.600. The molecule has 0 unspecified atom stereocenters. The normalized spacial score (nSPS) is 28.8. The molecule has 22 heavy (non-hydrogen) atoms. The molecule has 126 valence electrons. The van der Waals surface area contributed by atoms with Crippen molar-refractivity contribution in [2.75, 3.05) is 19.7 Å². The van der Waals surface area contributed by atoms with E-state index < -0.39 is 0 Å². The van der Waals surface area contributed by atoms with E-state index in [9.17, 15) is 4.79 Å². The van der Waals surface area contributed by atoms with Gasteiger partial charge in [-0.3, -0.25) is 0 Å². The van der Waals surface area contributed by atoms with Crippen LogP contribution in [0.4, 0.5) is 4.79 Å². The molecule has 0 aromatic carbocycles. The summed E-state index contributed by atoms with van der Waals surface area (Å²) in [4.78, 5) is 14.2. The van der Waals surface area contributed by atoms with E-state index in [-0.39, 0.29) is 6.03 Å². The fourth-order valence-electron chi connectivity index (χ4n) is 4.36. The number of rotatable bonds is 6. The van der Waals surface area contributed by atoms with Gasteiger partial charge in [-0.25, -0.2) is 4.79 Å². The first-order valence-corrected chi connectivity index (χ1v) is 9.49. The van der Waals surface area contributed by atoms with Gasteiger partial charge in [0, 0.05) is 25.7 Å². The molecular formula is C18H32N2O2. The second-order valence-corrected chi connectivity index (χ2v) is 7.41. The van der Waals surface area contributed by atoms with Crippen molar-refractivity contribution in [2.45, 2.75) is 82.8 Å². The van der Waals surface area contributed by atoms with E-state index in [4.69, 9.17) is 4.74 Å². The molecule has 2 bridgehead atoms. The third kappa shape index (κ3) is 4.37. The zero-order chi connectivity index (χ0) is 15.2. The van der Waals surface area contributed by atoms with Crippen LogP contribution in [0.15, 0.2) is 0 Å². The third-order valence-corrected chi connectivity index (χ3v) is 5.67. The summed E-state index contributed by atoms with van der Waals surface area (Å²) >= 11 is 0. The van der Waals surface area contributed by atoms with Crippen molar-refractivity contribution < 1.29 is 9.53 Å². The Labute approximate surface area is 135 Å². The molecule has 1 heterocycles. The molecule has 3 fully saturated rings. The van der Waals surface area contributed by atoms with Crippen LogP contribution in [0.1, 0.15) is 70.6 Å². The van der Waals surface area contributed by atoms with Gasteiger partial charge >= 0.3 is 6.03 Å². The first kappa shape index (κ1) is 16.1. The fraction of sp³-hybridized carbons (Fsp3) is 0.944. The number of urea groups is 1. The summed E-state index contributed by atoms with van der Waals surface area (Å²) in [5, 5.41) is 3.09. The number of ether oxygens (including phenoxy) is 1. The highest BCUT2D eigenvalue weighted by molar-refractivity contribution is 5.75. The molecule has 1 aliphatic heterocycles. The maximum absolute atomic E-state index is 12.1. The zero-order valence-corrected chi connectivity index (χ0v) is 13.9. The van der Waals surface area contributed by atoms with Crippen LogP contribution in [-0.4, -0.2) is 42.8 Å². The van der Waals surface area contributed by atoms with Crippen molar-refractivity contribution in [3.05, 3.63) is 0 Å². The lowest BCUT2D eigenvalue weighted by Gasteiger charge is -2.27. The van der Waals surface area contributed by atoms with Gasteiger partial charge in [0.2, 0.25) is 0 Å². The summed E-state index contributed by atoms with van der Waals surface area (Å²) < 4.78 is 5.99. The van der Waals surface area contributed by atoms with E-state index in [0.29, 0.717) is 12.1 Å². The molecule has 2 atom stereocenters. The average Bonchev–Trinajstić information content (AvgIpc) is 3.07. The maximum Gasteiger partial charge on any atom is 0.317 e. The molecule has 4 heteroatoms. The smallest absolute Gasteiger partial charge is 0.317 e. The summed E-state index contributed by atoms with van der Waals surface area (Å²) in [6, 6.07) is 0.695. The summed E-state index contributed by atoms with van der Waals surface area (Å²) in [5.74, 6) is 0.781. The number of unbranched alkanes of at least 4 members (excludes halogenated alkanes) is 1. The highest BCUT2D eigenvalue weighted by atomic mass is 16.5. The molecule has 0 aromatic heterocycles. The fourth-order valence-corrected chi connectivity index (χ4v) is 4.36. The van der Waals surface area contributed by atoms with E-state index in [1.807, 2.05) is 0 Å². The molecule has 0 spiro atoms. The molecule has 4 nitrogen and oxygen atoms in total. The number of amides is 2. The van der Waals surface area contributed by atoms with Crippen molar-refractivity contribution in [3.63, 3.8) is 0 Å². The monoisotopic (exact) mass is 308 g/mol. The number of nitrogens with one attached hydrogen (secondary N) is 1. The minimum atomic E-state index is 0.164. The van der Waals surface area contributed by atoms with Crippen molar-refractivity contribution in [1.29, 1.82) is 0 Å².